The normalized spacial score (nSPS) is 26.3. The number of ether oxygens (including phenoxy) is 1. The third-order valence-electron chi connectivity index (χ3n) is 5.29. The number of hydrogen-bond donors (Lipinski definition) is 0. The summed E-state index contributed by atoms with van der Waals surface area (Å²) in [6.45, 7) is 13.2. The Kier molecular flexibility index (Phi) is 7.97. The van der Waals surface area contributed by atoms with E-state index in [0.29, 0.717) is 11.8 Å². The van der Waals surface area contributed by atoms with Gasteiger partial charge in [0.05, 0.1) is 11.6 Å². The first-order chi connectivity index (χ1) is 10.3. The number of hydrogen-bond acceptors (Lipinski definition) is 2. The van der Waals surface area contributed by atoms with Gasteiger partial charge in [0.25, 0.3) is 0 Å². The van der Waals surface area contributed by atoms with Crippen LogP contribution in [0.15, 0.2) is 0 Å². The summed E-state index contributed by atoms with van der Waals surface area (Å²) in [7, 11) is 0. The minimum Gasteiger partial charge on any atom is -0.380 e. The van der Waals surface area contributed by atoms with Crippen molar-refractivity contribution in [3.63, 3.8) is 0 Å². The lowest BCUT2D eigenvalue weighted by Gasteiger charge is -2.25. The highest BCUT2D eigenvalue weighted by atomic mass is 16.5. The van der Waals surface area contributed by atoms with Crippen LogP contribution < -0.4 is 0 Å². The molecule has 0 aromatic rings. The fraction of sp³-hybridized carbons (Fsp3) is 0.947. The van der Waals surface area contributed by atoms with Gasteiger partial charge in [0, 0.05) is 5.97 Å². The maximum atomic E-state index is 9.05. The van der Waals surface area contributed by atoms with Gasteiger partial charge in [0.15, 0.2) is 0 Å². The molecule has 126 valence electrons. The Labute approximate surface area is 139 Å². The molecule has 2 fully saturated rings. The minimum absolute atomic E-state index is 0.0529. The fourth-order valence-corrected chi connectivity index (χ4v) is 3.80. The van der Waals surface area contributed by atoms with Crippen LogP contribution in [0.4, 0.5) is 0 Å². The third-order valence-corrected chi connectivity index (χ3v) is 5.29. The van der Waals surface area contributed by atoms with Gasteiger partial charge in [-0.05, 0) is 44.3 Å². The average molecular weight is 305 g/mol. The lowest BCUT2D eigenvalue weighted by atomic mass is 9.39. The largest absolute Gasteiger partial charge is 0.380 e. The zero-order chi connectivity index (χ0) is 16.8. The van der Waals surface area contributed by atoms with E-state index in [0.717, 1.165) is 12.2 Å². The molecule has 1 saturated heterocycles. The highest BCUT2D eigenvalue weighted by molar-refractivity contribution is 6.70. The Morgan fingerprint density at radius 3 is 2.14 bits per heavy atom. The monoisotopic (exact) mass is 305 g/mol. The SMILES string of the molecule is CC(C)C[C@@H](C)[C@H]1CB(C#N)C(C)(C)O1.CC1CCCCC1. The third kappa shape index (κ3) is 6.33. The topological polar surface area (TPSA) is 33.0 Å². The van der Waals surface area contributed by atoms with E-state index >= 15 is 0 Å². The highest BCUT2D eigenvalue weighted by Crippen LogP contribution is 2.35. The molecular formula is C19H36BNO. The van der Waals surface area contributed by atoms with Crippen molar-refractivity contribution < 1.29 is 4.74 Å². The molecule has 3 heteroatoms. The van der Waals surface area contributed by atoms with Crippen molar-refractivity contribution in [2.45, 2.75) is 98.0 Å². The molecule has 0 N–H and O–H groups in total. The summed E-state index contributed by atoms with van der Waals surface area (Å²) in [6.07, 6.45) is 9.79. The van der Waals surface area contributed by atoms with E-state index in [1.165, 1.54) is 38.5 Å². The predicted molar refractivity (Wildman–Crippen MR) is 96.0 cm³/mol. The lowest BCUT2D eigenvalue weighted by Crippen LogP contribution is -2.35. The van der Waals surface area contributed by atoms with Gasteiger partial charge in [-0.3, -0.25) is 0 Å². The van der Waals surface area contributed by atoms with Gasteiger partial charge in [0.2, 0.25) is 0 Å². The first kappa shape index (κ1) is 19.6. The van der Waals surface area contributed by atoms with Crippen molar-refractivity contribution >= 4 is 6.71 Å². The molecular weight excluding hydrogens is 269 g/mol. The number of nitriles is 1. The maximum Gasteiger partial charge on any atom is 0.304 e. The van der Waals surface area contributed by atoms with Gasteiger partial charge in [-0.2, -0.15) is 0 Å². The molecule has 1 aliphatic carbocycles. The van der Waals surface area contributed by atoms with Crippen LogP contribution in [0.5, 0.6) is 0 Å². The summed E-state index contributed by atoms with van der Waals surface area (Å²) in [6, 6.07) is 0. The maximum absolute atomic E-state index is 9.05. The second kappa shape index (κ2) is 8.97. The molecule has 2 rings (SSSR count). The first-order valence-corrected chi connectivity index (χ1v) is 9.33. The van der Waals surface area contributed by atoms with Crippen LogP contribution in [0.25, 0.3) is 0 Å². The standard InChI is InChI=1S/C12H22BNO.C7H14/c1-9(2)6-10(3)11-7-13(8-14)12(4,5)15-11;1-7-5-3-2-4-6-7/h9-11H,6-7H2,1-5H3;7H,2-6H2,1H3/t10-,11-;/m1./s1. The molecule has 2 nitrogen and oxygen atoms in total. The molecule has 22 heavy (non-hydrogen) atoms. The van der Waals surface area contributed by atoms with E-state index in [1.54, 1.807) is 0 Å². The second-order valence-corrected chi connectivity index (χ2v) is 8.53. The number of rotatable bonds is 3. The lowest BCUT2D eigenvalue weighted by molar-refractivity contribution is -0.0203. The summed E-state index contributed by atoms with van der Waals surface area (Å²) in [5, 5.41) is 9.05. The smallest absolute Gasteiger partial charge is 0.304 e. The zero-order valence-corrected chi connectivity index (χ0v) is 15.7. The molecule has 0 bridgehead atoms. The van der Waals surface area contributed by atoms with Crippen molar-refractivity contribution in [2.75, 3.05) is 0 Å². The quantitative estimate of drug-likeness (QED) is 0.642. The summed E-state index contributed by atoms with van der Waals surface area (Å²) in [5.74, 6) is 4.66. The summed E-state index contributed by atoms with van der Waals surface area (Å²) >= 11 is 0. The van der Waals surface area contributed by atoms with Gasteiger partial charge in [0.1, 0.15) is 0 Å². The Balaban J connectivity index is 0.000000287. The van der Waals surface area contributed by atoms with Gasteiger partial charge >= 0.3 is 6.71 Å². The molecule has 2 aliphatic rings. The van der Waals surface area contributed by atoms with Crippen molar-refractivity contribution in [3.05, 3.63) is 0 Å². The first-order valence-electron chi connectivity index (χ1n) is 9.33. The molecule has 1 heterocycles. The fourth-order valence-electron chi connectivity index (χ4n) is 3.80. The summed E-state index contributed by atoms with van der Waals surface area (Å²) in [5.41, 5.74) is -0.259. The zero-order valence-electron chi connectivity index (χ0n) is 15.7. The van der Waals surface area contributed by atoms with E-state index in [-0.39, 0.29) is 18.3 Å². The molecule has 0 aromatic carbocycles. The molecule has 1 aliphatic heterocycles. The van der Waals surface area contributed by atoms with Crippen molar-refractivity contribution in [2.24, 2.45) is 17.8 Å². The van der Waals surface area contributed by atoms with Crippen LogP contribution in [0.2, 0.25) is 6.32 Å². The van der Waals surface area contributed by atoms with E-state index in [9.17, 15) is 0 Å². The van der Waals surface area contributed by atoms with Gasteiger partial charge in [-0.25, -0.2) is 5.26 Å². The average Bonchev–Trinajstić information content (AvgIpc) is 2.74. The van der Waals surface area contributed by atoms with Crippen molar-refractivity contribution in [1.82, 2.24) is 0 Å². The molecule has 1 saturated carbocycles. The van der Waals surface area contributed by atoms with Crippen molar-refractivity contribution in [3.8, 4) is 5.97 Å². The van der Waals surface area contributed by atoms with Crippen LogP contribution in [-0.4, -0.2) is 18.3 Å². The summed E-state index contributed by atoms with van der Waals surface area (Å²) < 4.78 is 5.99. The van der Waals surface area contributed by atoms with E-state index < -0.39 is 0 Å². The van der Waals surface area contributed by atoms with E-state index in [4.69, 9.17) is 10.00 Å². The molecule has 0 spiro atoms. The van der Waals surface area contributed by atoms with Crippen LogP contribution in [0.1, 0.15) is 80.1 Å². The number of nitrogens with zero attached hydrogens (tertiary/aromatic N) is 1. The van der Waals surface area contributed by atoms with Crippen molar-refractivity contribution in [1.29, 1.82) is 5.26 Å². The molecule has 0 amide bonds. The second-order valence-electron chi connectivity index (χ2n) is 8.53. The Bertz CT molecular complexity index is 355. The summed E-state index contributed by atoms with van der Waals surface area (Å²) in [4.78, 5) is 0. The van der Waals surface area contributed by atoms with E-state index in [2.05, 4.69) is 33.7 Å². The Hall–Kier alpha value is -0.485. The highest BCUT2D eigenvalue weighted by Gasteiger charge is 2.46. The molecule has 0 unspecified atom stereocenters. The Morgan fingerprint density at radius 2 is 1.77 bits per heavy atom. The molecule has 0 aromatic heterocycles. The Morgan fingerprint density at radius 1 is 1.18 bits per heavy atom. The van der Waals surface area contributed by atoms with Gasteiger partial charge in [-0.15, -0.1) is 0 Å². The van der Waals surface area contributed by atoms with E-state index in [1.807, 2.05) is 13.8 Å². The van der Waals surface area contributed by atoms with Crippen LogP contribution in [0, 0.1) is 29.0 Å². The van der Waals surface area contributed by atoms with Gasteiger partial charge in [-0.1, -0.05) is 59.8 Å². The minimum atomic E-state index is -0.259. The van der Waals surface area contributed by atoms with Crippen LogP contribution in [-0.2, 0) is 4.74 Å². The van der Waals surface area contributed by atoms with Gasteiger partial charge < -0.3 is 4.74 Å². The molecule has 2 atom stereocenters. The predicted octanol–water partition coefficient (Wildman–Crippen LogP) is 5.53. The van der Waals surface area contributed by atoms with Crippen LogP contribution in [0.3, 0.4) is 0 Å². The van der Waals surface area contributed by atoms with Crippen LogP contribution >= 0.6 is 0 Å². The molecule has 0 radical (unpaired) electrons.